The number of ether oxygens (including phenoxy) is 1. The maximum absolute atomic E-state index is 12.8. The molecule has 5 nitrogen and oxygen atoms in total. The number of amides is 2. The Bertz CT molecular complexity index is 931. The molecule has 0 aliphatic carbocycles. The summed E-state index contributed by atoms with van der Waals surface area (Å²) in [5, 5.41) is 3.02. The van der Waals surface area contributed by atoms with Crippen LogP contribution in [0.5, 0.6) is 0 Å². The zero-order valence-corrected chi connectivity index (χ0v) is 16.5. The van der Waals surface area contributed by atoms with Gasteiger partial charge in [0.2, 0.25) is 5.91 Å². The molecule has 2 heterocycles. The Labute approximate surface area is 171 Å². The van der Waals surface area contributed by atoms with Crippen LogP contribution < -0.4 is 10.2 Å². The lowest BCUT2D eigenvalue weighted by Gasteiger charge is -2.29. The lowest BCUT2D eigenvalue weighted by atomic mass is 9.91. The number of hydrogen-bond donors (Lipinski definition) is 1. The molecule has 0 saturated carbocycles. The molecule has 0 aromatic heterocycles. The molecule has 2 aliphatic heterocycles. The van der Waals surface area contributed by atoms with Gasteiger partial charge in [-0.2, -0.15) is 0 Å². The van der Waals surface area contributed by atoms with E-state index in [1.807, 2.05) is 24.3 Å². The lowest BCUT2D eigenvalue weighted by molar-refractivity contribution is -0.114. The molecule has 0 radical (unpaired) electrons. The molecule has 0 bridgehead atoms. The number of anilines is 2. The molecule has 1 fully saturated rings. The Balaban J connectivity index is 1.50. The fourth-order valence-electron chi connectivity index (χ4n) is 4.18. The number of carbonyl (C=O) groups excluding carboxylic acids is 2. The van der Waals surface area contributed by atoms with Crippen molar-refractivity contribution in [1.29, 1.82) is 0 Å². The van der Waals surface area contributed by atoms with Crippen molar-refractivity contribution in [3.05, 3.63) is 71.8 Å². The van der Waals surface area contributed by atoms with Crippen LogP contribution in [0.1, 0.15) is 46.7 Å². The van der Waals surface area contributed by atoms with Crippen molar-refractivity contribution in [2.75, 3.05) is 30.0 Å². The highest BCUT2D eigenvalue weighted by Crippen LogP contribution is 2.30. The number of aryl methyl sites for hydroxylation is 1. The third kappa shape index (κ3) is 4.25. The van der Waals surface area contributed by atoms with Crippen LogP contribution in [-0.2, 0) is 16.0 Å². The molecule has 0 atom stereocenters. The van der Waals surface area contributed by atoms with Crippen LogP contribution in [0.15, 0.2) is 55.1 Å². The van der Waals surface area contributed by atoms with E-state index in [4.69, 9.17) is 4.74 Å². The van der Waals surface area contributed by atoms with E-state index in [1.54, 1.807) is 11.0 Å². The maximum Gasteiger partial charge on any atom is 0.255 e. The molecule has 1 N–H and O–H groups in total. The van der Waals surface area contributed by atoms with E-state index >= 15 is 0 Å². The van der Waals surface area contributed by atoms with Crippen molar-refractivity contribution in [2.45, 2.75) is 31.6 Å². The van der Waals surface area contributed by atoms with E-state index in [9.17, 15) is 9.59 Å². The highest BCUT2D eigenvalue weighted by atomic mass is 16.5. The Hall–Kier alpha value is -2.92. The number of carbonyl (C=O) groups is 2. The van der Waals surface area contributed by atoms with Crippen molar-refractivity contribution in [3.8, 4) is 0 Å². The van der Waals surface area contributed by atoms with Crippen molar-refractivity contribution in [2.24, 2.45) is 0 Å². The summed E-state index contributed by atoms with van der Waals surface area (Å²) in [6, 6.07) is 13.6. The van der Waals surface area contributed by atoms with Crippen LogP contribution in [0.25, 0.3) is 0 Å². The van der Waals surface area contributed by atoms with Gasteiger partial charge >= 0.3 is 0 Å². The first kappa shape index (κ1) is 19.4. The summed E-state index contributed by atoms with van der Waals surface area (Å²) in [4.78, 5) is 26.6. The smallest absolute Gasteiger partial charge is 0.255 e. The van der Waals surface area contributed by atoms with Gasteiger partial charge in [0.25, 0.3) is 5.91 Å². The standard InChI is InChI=1S/C24H26N2O3/c1-2-23(27)26-12-4-6-19-15-20(8-9-22(19)26)24(28)25-21-7-3-5-18(16-21)17-10-13-29-14-11-17/h2-3,5,7-9,15-17H,1,4,6,10-14H2,(H,25,28). The number of fused-ring (bicyclic) bond motifs is 1. The zero-order valence-electron chi connectivity index (χ0n) is 16.5. The van der Waals surface area contributed by atoms with Gasteiger partial charge in [-0.25, -0.2) is 0 Å². The first-order valence-corrected chi connectivity index (χ1v) is 10.2. The van der Waals surface area contributed by atoms with Gasteiger partial charge in [0.1, 0.15) is 0 Å². The fraction of sp³-hybridized carbons (Fsp3) is 0.333. The van der Waals surface area contributed by atoms with Crippen molar-refractivity contribution >= 4 is 23.2 Å². The van der Waals surface area contributed by atoms with E-state index in [1.165, 1.54) is 11.6 Å². The third-order valence-electron chi connectivity index (χ3n) is 5.74. The third-order valence-corrected chi connectivity index (χ3v) is 5.74. The molecular weight excluding hydrogens is 364 g/mol. The van der Waals surface area contributed by atoms with Gasteiger partial charge < -0.3 is 15.0 Å². The molecule has 0 unspecified atom stereocenters. The summed E-state index contributed by atoms with van der Waals surface area (Å²) in [5.74, 6) is 0.245. The molecule has 2 aromatic carbocycles. The van der Waals surface area contributed by atoms with E-state index in [0.717, 1.165) is 55.8 Å². The minimum absolute atomic E-state index is 0.104. The van der Waals surface area contributed by atoms with E-state index in [0.29, 0.717) is 18.0 Å². The fourth-order valence-corrected chi connectivity index (χ4v) is 4.18. The Morgan fingerprint density at radius 1 is 1.14 bits per heavy atom. The second kappa shape index (κ2) is 8.62. The van der Waals surface area contributed by atoms with Gasteiger partial charge in [0.05, 0.1) is 0 Å². The van der Waals surface area contributed by atoms with Gasteiger partial charge in [-0.15, -0.1) is 0 Å². The van der Waals surface area contributed by atoms with Crippen LogP contribution in [0.4, 0.5) is 11.4 Å². The Kier molecular flexibility index (Phi) is 5.76. The monoisotopic (exact) mass is 390 g/mol. The second-order valence-electron chi connectivity index (χ2n) is 7.61. The summed E-state index contributed by atoms with van der Waals surface area (Å²) in [7, 11) is 0. The van der Waals surface area contributed by atoms with Crippen molar-refractivity contribution in [1.82, 2.24) is 0 Å². The first-order valence-electron chi connectivity index (χ1n) is 10.2. The average molecular weight is 390 g/mol. The van der Waals surface area contributed by atoms with Crippen LogP contribution in [0.3, 0.4) is 0 Å². The van der Waals surface area contributed by atoms with Gasteiger partial charge in [-0.3, -0.25) is 9.59 Å². The average Bonchev–Trinajstić information content (AvgIpc) is 2.78. The number of hydrogen-bond acceptors (Lipinski definition) is 3. The number of nitrogens with zero attached hydrogens (tertiary/aromatic N) is 1. The van der Waals surface area contributed by atoms with Crippen LogP contribution in [-0.4, -0.2) is 31.6 Å². The lowest BCUT2D eigenvalue weighted by Crippen LogP contribution is -2.34. The van der Waals surface area contributed by atoms with Gasteiger partial charge in [0, 0.05) is 36.7 Å². The van der Waals surface area contributed by atoms with Crippen molar-refractivity contribution < 1.29 is 14.3 Å². The van der Waals surface area contributed by atoms with Crippen LogP contribution in [0, 0.1) is 0 Å². The summed E-state index contributed by atoms with van der Waals surface area (Å²) in [6.07, 6.45) is 5.10. The van der Waals surface area contributed by atoms with E-state index in [2.05, 4.69) is 24.0 Å². The van der Waals surface area contributed by atoms with E-state index in [-0.39, 0.29) is 11.8 Å². The normalized spacial score (nSPS) is 16.8. The Morgan fingerprint density at radius 3 is 2.76 bits per heavy atom. The molecule has 2 aliphatic rings. The maximum atomic E-state index is 12.8. The molecule has 2 aromatic rings. The number of benzene rings is 2. The molecular formula is C24H26N2O3. The predicted molar refractivity (Wildman–Crippen MR) is 115 cm³/mol. The topological polar surface area (TPSA) is 58.6 Å². The SMILES string of the molecule is C=CC(=O)N1CCCc2cc(C(=O)Nc3cccc(C4CCOCC4)c3)ccc21. The number of rotatable bonds is 4. The summed E-state index contributed by atoms with van der Waals surface area (Å²) in [6.45, 7) is 5.85. The van der Waals surface area contributed by atoms with Crippen LogP contribution in [0.2, 0.25) is 0 Å². The largest absolute Gasteiger partial charge is 0.381 e. The van der Waals surface area contributed by atoms with Crippen molar-refractivity contribution in [3.63, 3.8) is 0 Å². The van der Waals surface area contributed by atoms with Gasteiger partial charge in [-0.05, 0) is 79.1 Å². The highest BCUT2D eigenvalue weighted by Gasteiger charge is 2.22. The minimum atomic E-state index is -0.135. The molecule has 0 spiro atoms. The molecule has 29 heavy (non-hydrogen) atoms. The number of nitrogens with one attached hydrogen (secondary N) is 1. The Morgan fingerprint density at radius 2 is 1.97 bits per heavy atom. The van der Waals surface area contributed by atoms with Crippen LogP contribution >= 0.6 is 0 Å². The first-order chi connectivity index (χ1) is 14.2. The molecule has 4 rings (SSSR count). The predicted octanol–water partition coefficient (Wildman–Crippen LogP) is 4.30. The van der Waals surface area contributed by atoms with E-state index < -0.39 is 0 Å². The summed E-state index contributed by atoms with van der Waals surface area (Å²) < 4.78 is 5.45. The molecule has 150 valence electrons. The zero-order chi connectivity index (χ0) is 20.2. The van der Waals surface area contributed by atoms with Gasteiger partial charge in [-0.1, -0.05) is 18.7 Å². The minimum Gasteiger partial charge on any atom is -0.381 e. The van der Waals surface area contributed by atoms with Gasteiger partial charge in [0.15, 0.2) is 0 Å². The quantitative estimate of drug-likeness (QED) is 0.792. The molecule has 5 heteroatoms. The summed E-state index contributed by atoms with van der Waals surface area (Å²) >= 11 is 0. The molecule has 2 amide bonds. The second-order valence-corrected chi connectivity index (χ2v) is 7.61. The highest BCUT2D eigenvalue weighted by molar-refractivity contribution is 6.06. The molecule has 1 saturated heterocycles. The summed E-state index contributed by atoms with van der Waals surface area (Å²) in [5.41, 5.74) is 4.55.